The second kappa shape index (κ2) is 8.61. The first-order valence-corrected chi connectivity index (χ1v) is 12.3. The van der Waals surface area contributed by atoms with Gasteiger partial charge in [-0.3, -0.25) is 9.69 Å². The molecule has 0 spiro atoms. The molecule has 1 aliphatic carbocycles. The van der Waals surface area contributed by atoms with E-state index in [2.05, 4.69) is 45.8 Å². The number of hydrogen-bond donors (Lipinski definition) is 3. The first-order valence-electron chi connectivity index (χ1n) is 12.3. The smallest absolute Gasteiger partial charge is 0.269 e. The molecule has 0 bridgehead atoms. The van der Waals surface area contributed by atoms with Gasteiger partial charge in [-0.2, -0.15) is 0 Å². The summed E-state index contributed by atoms with van der Waals surface area (Å²) in [5.74, 6) is 0.673. The summed E-state index contributed by atoms with van der Waals surface area (Å²) >= 11 is 0. The van der Waals surface area contributed by atoms with Crippen LogP contribution in [0, 0.1) is 0 Å². The Labute approximate surface area is 195 Å². The van der Waals surface area contributed by atoms with Crippen molar-refractivity contribution in [2.75, 3.05) is 6.54 Å². The van der Waals surface area contributed by atoms with Crippen molar-refractivity contribution in [3.8, 4) is 0 Å². The van der Waals surface area contributed by atoms with Crippen LogP contribution in [0.25, 0.3) is 10.9 Å². The molecule has 2 aliphatic rings. The van der Waals surface area contributed by atoms with E-state index in [1.807, 2.05) is 13.0 Å². The van der Waals surface area contributed by atoms with Crippen LogP contribution in [0.5, 0.6) is 0 Å². The molecule has 33 heavy (non-hydrogen) atoms. The van der Waals surface area contributed by atoms with E-state index in [1.165, 1.54) is 10.9 Å². The van der Waals surface area contributed by atoms with Crippen molar-refractivity contribution in [2.24, 2.45) is 5.73 Å². The summed E-state index contributed by atoms with van der Waals surface area (Å²) < 4.78 is 2.27. The Morgan fingerprint density at radius 3 is 2.85 bits per heavy atom. The van der Waals surface area contributed by atoms with Gasteiger partial charge in [-0.25, -0.2) is 4.98 Å². The summed E-state index contributed by atoms with van der Waals surface area (Å²) in [7, 11) is 0. The summed E-state index contributed by atoms with van der Waals surface area (Å²) in [6.07, 6.45) is 7.74. The maximum Gasteiger partial charge on any atom is 0.269 e. The molecule has 1 amide bonds. The molecule has 2 aromatic heterocycles. The van der Waals surface area contributed by atoms with Crippen molar-refractivity contribution in [2.45, 2.75) is 83.0 Å². The highest BCUT2D eigenvalue weighted by atomic mass is 16.3. The molecule has 3 aromatic rings. The van der Waals surface area contributed by atoms with Crippen molar-refractivity contribution in [1.29, 1.82) is 0 Å². The number of carbonyl (C=O) groups excluding carboxylic acids is 1. The standard InChI is InChI=1S/C26H35N5O2/c1-3-4-7-17(12-18-15-28-21-9-6-5-8-20(18)21)24-23(25(27)32)29-22-16-30(10-11-31(22)24)19-13-26(2,33)14-19/h5-6,8-9,15,17,19,28,33H,3-4,7,10-14,16H2,1-2H3,(H2,27,32). The fourth-order valence-electron chi connectivity index (χ4n) is 5.85. The number of aliphatic hydroxyl groups is 1. The average molecular weight is 450 g/mol. The molecule has 1 atom stereocenters. The second-order valence-electron chi connectivity index (χ2n) is 10.2. The topological polar surface area (TPSA) is 100 Å². The van der Waals surface area contributed by atoms with Crippen LogP contribution >= 0.6 is 0 Å². The minimum absolute atomic E-state index is 0.184. The van der Waals surface area contributed by atoms with Crippen LogP contribution in [0.15, 0.2) is 30.5 Å². The lowest BCUT2D eigenvalue weighted by Gasteiger charge is -2.48. The zero-order chi connectivity index (χ0) is 23.2. The van der Waals surface area contributed by atoms with Gasteiger partial charge >= 0.3 is 0 Å². The van der Waals surface area contributed by atoms with Gasteiger partial charge in [0.05, 0.1) is 17.8 Å². The summed E-state index contributed by atoms with van der Waals surface area (Å²) in [4.78, 5) is 23.1. The van der Waals surface area contributed by atoms with E-state index in [4.69, 9.17) is 10.7 Å². The number of nitrogens with zero attached hydrogens (tertiary/aromatic N) is 3. The Hall–Kier alpha value is -2.64. The van der Waals surface area contributed by atoms with E-state index in [9.17, 15) is 9.90 Å². The van der Waals surface area contributed by atoms with Crippen molar-refractivity contribution in [1.82, 2.24) is 19.4 Å². The third-order valence-electron chi connectivity index (χ3n) is 7.58. The van der Waals surface area contributed by atoms with Gasteiger partial charge in [-0.05, 0) is 44.2 Å². The van der Waals surface area contributed by atoms with E-state index in [1.54, 1.807) is 0 Å². The van der Waals surface area contributed by atoms with Gasteiger partial charge in [0.25, 0.3) is 5.91 Å². The molecule has 3 heterocycles. The van der Waals surface area contributed by atoms with Gasteiger partial charge in [0.2, 0.25) is 0 Å². The molecule has 1 unspecified atom stereocenters. The number of carbonyl (C=O) groups is 1. The minimum Gasteiger partial charge on any atom is -0.390 e. The van der Waals surface area contributed by atoms with Crippen LogP contribution in [0.4, 0.5) is 0 Å². The third-order valence-corrected chi connectivity index (χ3v) is 7.58. The van der Waals surface area contributed by atoms with Crippen molar-refractivity contribution >= 4 is 16.8 Å². The highest BCUT2D eigenvalue weighted by molar-refractivity contribution is 5.92. The van der Waals surface area contributed by atoms with E-state index in [0.29, 0.717) is 18.3 Å². The molecule has 1 saturated carbocycles. The highest BCUT2D eigenvalue weighted by Gasteiger charge is 2.43. The number of nitrogens with two attached hydrogens (primary N) is 1. The molecule has 1 aromatic carbocycles. The number of amides is 1. The molecule has 0 saturated heterocycles. The zero-order valence-electron chi connectivity index (χ0n) is 19.7. The van der Waals surface area contributed by atoms with Crippen LogP contribution in [0.2, 0.25) is 0 Å². The number of aromatic nitrogens is 3. The predicted molar refractivity (Wildman–Crippen MR) is 129 cm³/mol. The van der Waals surface area contributed by atoms with Crippen molar-refractivity contribution < 1.29 is 9.90 Å². The molecular weight excluding hydrogens is 414 g/mol. The number of hydrogen-bond acceptors (Lipinski definition) is 4. The molecular formula is C26H35N5O2. The number of imidazole rings is 1. The number of rotatable bonds is 8. The first-order chi connectivity index (χ1) is 15.9. The van der Waals surface area contributed by atoms with E-state index in [0.717, 1.165) is 68.6 Å². The lowest BCUT2D eigenvalue weighted by molar-refractivity contribution is -0.0843. The Bertz CT molecular complexity index is 1150. The predicted octanol–water partition coefficient (Wildman–Crippen LogP) is 3.71. The number of nitrogens with one attached hydrogen (secondary N) is 1. The number of aromatic amines is 1. The first kappa shape index (κ1) is 22.2. The molecule has 1 fully saturated rings. The molecule has 1 aliphatic heterocycles. The third kappa shape index (κ3) is 4.20. The van der Waals surface area contributed by atoms with Crippen LogP contribution in [0.1, 0.15) is 79.4 Å². The molecule has 5 rings (SSSR count). The van der Waals surface area contributed by atoms with E-state index >= 15 is 0 Å². The number of unbranched alkanes of at least 4 members (excludes halogenated alkanes) is 1. The summed E-state index contributed by atoms with van der Waals surface area (Å²) in [6.45, 7) is 6.52. The quantitative estimate of drug-likeness (QED) is 0.488. The Morgan fingerprint density at radius 2 is 2.12 bits per heavy atom. The minimum atomic E-state index is -0.550. The van der Waals surface area contributed by atoms with Gasteiger partial charge in [0.15, 0.2) is 0 Å². The molecule has 7 nitrogen and oxygen atoms in total. The number of fused-ring (bicyclic) bond motifs is 2. The van der Waals surface area contributed by atoms with Gasteiger partial charge in [-0.15, -0.1) is 0 Å². The second-order valence-corrected chi connectivity index (χ2v) is 10.2. The van der Waals surface area contributed by atoms with Gasteiger partial charge in [0, 0.05) is 42.1 Å². The van der Waals surface area contributed by atoms with E-state index in [-0.39, 0.29) is 5.92 Å². The number of primary amides is 1. The largest absolute Gasteiger partial charge is 0.390 e. The van der Waals surface area contributed by atoms with E-state index < -0.39 is 11.5 Å². The summed E-state index contributed by atoms with van der Waals surface area (Å²) in [6, 6.07) is 8.76. The number of para-hydroxylation sites is 1. The van der Waals surface area contributed by atoms with Gasteiger partial charge < -0.3 is 20.4 Å². The average Bonchev–Trinajstić information content (AvgIpc) is 3.36. The number of benzene rings is 1. The lowest BCUT2D eigenvalue weighted by atomic mass is 9.76. The van der Waals surface area contributed by atoms with Crippen molar-refractivity contribution in [3.05, 3.63) is 53.2 Å². The summed E-state index contributed by atoms with van der Waals surface area (Å²) in [5, 5.41) is 11.4. The maximum absolute atomic E-state index is 12.5. The van der Waals surface area contributed by atoms with Gasteiger partial charge in [0.1, 0.15) is 11.5 Å². The lowest BCUT2D eigenvalue weighted by Crippen LogP contribution is -2.55. The highest BCUT2D eigenvalue weighted by Crippen LogP contribution is 2.38. The van der Waals surface area contributed by atoms with Crippen LogP contribution in [0.3, 0.4) is 0 Å². The van der Waals surface area contributed by atoms with Crippen LogP contribution < -0.4 is 5.73 Å². The zero-order valence-corrected chi connectivity index (χ0v) is 19.7. The normalized spacial score (nSPS) is 23.9. The Kier molecular flexibility index (Phi) is 5.79. The SMILES string of the molecule is CCCCC(Cc1c[nH]c2ccccc12)c1c(C(N)=O)nc2n1CCN(C1CC(C)(O)C1)C2. The van der Waals surface area contributed by atoms with Crippen LogP contribution in [-0.4, -0.2) is 48.6 Å². The maximum atomic E-state index is 12.5. The molecule has 4 N–H and O–H groups in total. The Morgan fingerprint density at radius 1 is 1.33 bits per heavy atom. The van der Waals surface area contributed by atoms with Gasteiger partial charge in [-0.1, -0.05) is 38.0 Å². The fourth-order valence-corrected chi connectivity index (χ4v) is 5.85. The van der Waals surface area contributed by atoms with Crippen molar-refractivity contribution in [3.63, 3.8) is 0 Å². The fraction of sp³-hybridized carbons (Fsp3) is 0.538. The number of H-pyrrole nitrogens is 1. The van der Waals surface area contributed by atoms with Crippen LogP contribution in [-0.2, 0) is 19.5 Å². The molecule has 176 valence electrons. The summed E-state index contributed by atoms with van der Waals surface area (Å²) in [5.41, 5.74) is 9.16. The monoisotopic (exact) mass is 449 g/mol. The Balaban J connectivity index is 1.47. The molecule has 0 radical (unpaired) electrons. The molecule has 7 heteroatoms.